The van der Waals surface area contributed by atoms with Crippen molar-refractivity contribution in [3.05, 3.63) is 0 Å². The van der Waals surface area contributed by atoms with Gasteiger partial charge in [0.1, 0.15) is 0 Å². The summed E-state index contributed by atoms with van der Waals surface area (Å²) in [6, 6.07) is 0.655. The fraction of sp³-hybridized carbons (Fsp3) is 0.917. The number of aliphatic hydroxyl groups excluding tert-OH is 1. The summed E-state index contributed by atoms with van der Waals surface area (Å²) in [5, 5.41) is 11.8. The van der Waals surface area contributed by atoms with Crippen LogP contribution in [0.4, 0.5) is 0 Å². The summed E-state index contributed by atoms with van der Waals surface area (Å²) in [5.74, 6) is 2.42. The highest BCUT2D eigenvalue weighted by atomic mass is 32.2. The van der Waals surface area contributed by atoms with Gasteiger partial charge in [0.15, 0.2) is 0 Å². The normalized spacial score (nSPS) is 21.8. The Morgan fingerprint density at radius 3 is 2.94 bits per heavy atom. The molecule has 0 aliphatic carbocycles. The van der Waals surface area contributed by atoms with E-state index in [9.17, 15) is 4.79 Å². The first-order valence-electron chi connectivity index (χ1n) is 6.35. The smallest absolute Gasteiger partial charge is 0.234 e. The fourth-order valence-electron chi connectivity index (χ4n) is 2.03. The van der Waals surface area contributed by atoms with E-state index in [-0.39, 0.29) is 18.6 Å². The van der Waals surface area contributed by atoms with Crippen molar-refractivity contribution in [2.75, 3.05) is 31.7 Å². The zero-order valence-electron chi connectivity index (χ0n) is 10.8. The van der Waals surface area contributed by atoms with Crippen molar-refractivity contribution >= 4 is 17.7 Å². The molecule has 0 spiro atoms. The lowest BCUT2D eigenvalue weighted by molar-refractivity contribution is -0.123. The minimum Gasteiger partial charge on any atom is -0.396 e. The number of hydrogen-bond donors (Lipinski definition) is 2. The maximum atomic E-state index is 11.8. The van der Waals surface area contributed by atoms with Crippen LogP contribution in [0, 0.1) is 0 Å². The summed E-state index contributed by atoms with van der Waals surface area (Å²) < 4.78 is 0. The molecular weight excluding hydrogens is 236 g/mol. The summed E-state index contributed by atoms with van der Waals surface area (Å²) >= 11 is 1.96. The highest BCUT2D eigenvalue weighted by Crippen LogP contribution is 2.20. The van der Waals surface area contributed by atoms with E-state index in [1.807, 2.05) is 25.7 Å². The van der Waals surface area contributed by atoms with Crippen LogP contribution in [0.3, 0.4) is 0 Å². The standard InChI is InChI=1S/C12H24N2O2S/c1-3-10(4-6-15)13-12(16)8-14(2)11-5-7-17-9-11/h10-11,15H,3-9H2,1-2H3,(H,13,16). The molecule has 17 heavy (non-hydrogen) atoms. The number of likely N-dealkylation sites (N-methyl/N-ethyl adjacent to an activating group) is 1. The lowest BCUT2D eigenvalue weighted by Crippen LogP contribution is -2.44. The lowest BCUT2D eigenvalue weighted by atomic mass is 10.1. The van der Waals surface area contributed by atoms with Crippen LogP contribution in [0.15, 0.2) is 0 Å². The van der Waals surface area contributed by atoms with Crippen molar-refractivity contribution in [1.29, 1.82) is 0 Å². The predicted molar refractivity (Wildman–Crippen MR) is 72.3 cm³/mol. The van der Waals surface area contributed by atoms with E-state index < -0.39 is 0 Å². The van der Waals surface area contributed by atoms with Gasteiger partial charge in [0.05, 0.1) is 6.54 Å². The molecule has 4 nitrogen and oxygen atoms in total. The Kier molecular flexibility index (Phi) is 6.92. The topological polar surface area (TPSA) is 52.6 Å². The molecule has 1 amide bonds. The first-order valence-corrected chi connectivity index (χ1v) is 7.51. The summed E-state index contributed by atoms with van der Waals surface area (Å²) in [5.41, 5.74) is 0. The molecule has 2 unspecified atom stereocenters. The van der Waals surface area contributed by atoms with E-state index in [1.165, 1.54) is 12.2 Å². The lowest BCUT2D eigenvalue weighted by Gasteiger charge is -2.24. The van der Waals surface area contributed by atoms with Gasteiger partial charge in [-0.2, -0.15) is 11.8 Å². The van der Waals surface area contributed by atoms with Crippen LogP contribution in [0.1, 0.15) is 26.2 Å². The molecule has 0 aromatic carbocycles. The monoisotopic (exact) mass is 260 g/mol. The van der Waals surface area contributed by atoms with Crippen molar-refractivity contribution in [2.24, 2.45) is 0 Å². The number of rotatable bonds is 7. The van der Waals surface area contributed by atoms with Crippen LogP contribution in [0.5, 0.6) is 0 Å². The number of thioether (sulfide) groups is 1. The average Bonchev–Trinajstić information content (AvgIpc) is 2.81. The van der Waals surface area contributed by atoms with Gasteiger partial charge < -0.3 is 10.4 Å². The molecule has 0 saturated carbocycles. The Balaban J connectivity index is 2.27. The van der Waals surface area contributed by atoms with E-state index in [0.717, 1.165) is 12.2 Å². The van der Waals surface area contributed by atoms with Crippen molar-refractivity contribution in [3.63, 3.8) is 0 Å². The molecule has 1 aliphatic heterocycles. The molecule has 0 bridgehead atoms. The number of nitrogens with zero attached hydrogens (tertiary/aromatic N) is 1. The minimum absolute atomic E-state index is 0.0738. The molecule has 1 rings (SSSR count). The van der Waals surface area contributed by atoms with E-state index in [2.05, 4.69) is 10.2 Å². The van der Waals surface area contributed by atoms with E-state index in [0.29, 0.717) is 19.0 Å². The quantitative estimate of drug-likeness (QED) is 0.707. The zero-order chi connectivity index (χ0) is 12.7. The second kappa shape index (κ2) is 7.95. The van der Waals surface area contributed by atoms with Crippen molar-refractivity contribution in [1.82, 2.24) is 10.2 Å². The third-order valence-corrected chi connectivity index (χ3v) is 4.40. The maximum Gasteiger partial charge on any atom is 0.234 e. The van der Waals surface area contributed by atoms with Gasteiger partial charge in [-0.05, 0) is 32.1 Å². The van der Waals surface area contributed by atoms with Gasteiger partial charge >= 0.3 is 0 Å². The number of aliphatic hydroxyl groups is 1. The van der Waals surface area contributed by atoms with Crippen LogP contribution in [-0.4, -0.2) is 59.7 Å². The van der Waals surface area contributed by atoms with Crippen molar-refractivity contribution in [3.8, 4) is 0 Å². The molecule has 5 heteroatoms. The predicted octanol–water partition coefficient (Wildman–Crippen LogP) is 0.701. The Morgan fingerprint density at radius 1 is 1.65 bits per heavy atom. The molecule has 0 aromatic rings. The molecule has 2 atom stereocenters. The molecular formula is C12H24N2O2S. The van der Waals surface area contributed by atoms with Gasteiger partial charge in [0.2, 0.25) is 5.91 Å². The molecule has 0 aromatic heterocycles. The van der Waals surface area contributed by atoms with E-state index in [1.54, 1.807) is 0 Å². The zero-order valence-corrected chi connectivity index (χ0v) is 11.6. The highest BCUT2D eigenvalue weighted by Gasteiger charge is 2.22. The molecule has 0 radical (unpaired) electrons. The average molecular weight is 260 g/mol. The number of carbonyl (C=O) groups is 1. The first-order chi connectivity index (χ1) is 8.17. The second-order valence-corrected chi connectivity index (χ2v) is 5.77. The summed E-state index contributed by atoms with van der Waals surface area (Å²) in [7, 11) is 2.02. The fourth-order valence-corrected chi connectivity index (χ4v) is 3.33. The Hall–Kier alpha value is -0.260. The highest BCUT2D eigenvalue weighted by molar-refractivity contribution is 7.99. The first kappa shape index (κ1) is 14.8. The molecule has 1 aliphatic rings. The van der Waals surface area contributed by atoms with Crippen molar-refractivity contribution < 1.29 is 9.90 Å². The van der Waals surface area contributed by atoms with Gasteiger partial charge in [0.25, 0.3) is 0 Å². The van der Waals surface area contributed by atoms with Gasteiger partial charge in [-0.25, -0.2) is 0 Å². The maximum absolute atomic E-state index is 11.8. The molecule has 1 saturated heterocycles. The summed E-state index contributed by atoms with van der Waals surface area (Å²) in [4.78, 5) is 14.0. The van der Waals surface area contributed by atoms with E-state index >= 15 is 0 Å². The van der Waals surface area contributed by atoms with Crippen LogP contribution in [0.25, 0.3) is 0 Å². The minimum atomic E-state index is 0.0738. The number of amides is 1. The number of carbonyl (C=O) groups excluding carboxylic acids is 1. The number of hydrogen-bond acceptors (Lipinski definition) is 4. The number of nitrogens with one attached hydrogen (secondary N) is 1. The molecule has 1 heterocycles. The molecule has 1 fully saturated rings. The van der Waals surface area contributed by atoms with E-state index in [4.69, 9.17) is 5.11 Å². The summed E-state index contributed by atoms with van der Waals surface area (Å²) in [6.07, 6.45) is 2.70. The Bertz CT molecular complexity index is 233. The van der Waals surface area contributed by atoms with Crippen LogP contribution >= 0.6 is 11.8 Å². The Labute approximate surface area is 108 Å². The second-order valence-electron chi connectivity index (χ2n) is 4.62. The van der Waals surface area contributed by atoms with Gasteiger partial charge in [-0.15, -0.1) is 0 Å². The SMILES string of the molecule is CCC(CCO)NC(=O)CN(C)C1CCSC1. The third kappa shape index (κ3) is 5.27. The van der Waals surface area contributed by atoms with Gasteiger partial charge in [0, 0.05) is 24.4 Å². The Morgan fingerprint density at radius 2 is 2.41 bits per heavy atom. The van der Waals surface area contributed by atoms with Crippen LogP contribution < -0.4 is 5.32 Å². The summed E-state index contributed by atoms with van der Waals surface area (Å²) in [6.45, 7) is 2.62. The van der Waals surface area contributed by atoms with Gasteiger partial charge in [-0.3, -0.25) is 9.69 Å². The largest absolute Gasteiger partial charge is 0.396 e. The third-order valence-electron chi connectivity index (χ3n) is 3.26. The van der Waals surface area contributed by atoms with Crippen LogP contribution in [-0.2, 0) is 4.79 Å². The van der Waals surface area contributed by atoms with Gasteiger partial charge in [-0.1, -0.05) is 6.92 Å². The van der Waals surface area contributed by atoms with Crippen molar-refractivity contribution in [2.45, 2.75) is 38.3 Å². The molecule has 100 valence electrons. The molecule has 2 N–H and O–H groups in total. The van der Waals surface area contributed by atoms with Crippen LogP contribution in [0.2, 0.25) is 0 Å².